The Morgan fingerprint density at radius 3 is 2.58 bits per heavy atom. The lowest BCUT2D eigenvalue weighted by molar-refractivity contribution is -0.137. The molecule has 2 aromatic carbocycles. The van der Waals surface area contributed by atoms with Gasteiger partial charge in [-0.25, -0.2) is 18.1 Å². The van der Waals surface area contributed by atoms with Crippen LogP contribution in [0.15, 0.2) is 71.9 Å². The maximum atomic E-state index is 13.4. The molecule has 3 heterocycles. The SMILES string of the molecule is O=S(=O)(Cc1cccc(F)n1)c1ccc2c(c1)OCC[C@@H]2c1ccc(C(F)(F)F)cc1-n1ccnn1. The molecule has 0 unspecified atom stereocenters. The number of hydrogen-bond donors (Lipinski definition) is 0. The molecule has 36 heavy (non-hydrogen) atoms. The predicted octanol–water partition coefficient (Wildman–Crippen LogP) is 4.71. The topological polar surface area (TPSA) is 87.0 Å². The second-order valence-corrected chi connectivity index (χ2v) is 10.2. The lowest BCUT2D eigenvalue weighted by Gasteiger charge is -2.28. The van der Waals surface area contributed by atoms with E-state index >= 15 is 0 Å². The molecule has 7 nitrogen and oxygen atoms in total. The van der Waals surface area contributed by atoms with Crippen LogP contribution in [0.25, 0.3) is 5.69 Å². The Labute approximate surface area is 203 Å². The summed E-state index contributed by atoms with van der Waals surface area (Å²) in [5, 5.41) is 7.58. The van der Waals surface area contributed by atoms with Crippen molar-refractivity contribution in [2.24, 2.45) is 0 Å². The molecule has 0 N–H and O–H groups in total. The first-order valence-corrected chi connectivity index (χ1v) is 12.5. The number of rotatable bonds is 5. The van der Waals surface area contributed by atoms with E-state index < -0.39 is 33.3 Å². The fourth-order valence-electron chi connectivity index (χ4n) is 4.24. The lowest BCUT2D eigenvalue weighted by Crippen LogP contribution is -2.18. The Morgan fingerprint density at radius 1 is 1.06 bits per heavy atom. The fraction of sp³-hybridized carbons (Fsp3) is 0.208. The number of ether oxygens (including phenoxy) is 1. The third-order valence-corrected chi connectivity index (χ3v) is 7.54. The molecule has 0 spiro atoms. The van der Waals surface area contributed by atoms with Gasteiger partial charge in [0.2, 0.25) is 5.95 Å². The number of alkyl halides is 3. The van der Waals surface area contributed by atoms with Gasteiger partial charge in [0, 0.05) is 11.5 Å². The highest BCUT2D eigenvalue weighted by molar-refractivity contribution is 7.90. The van der Waals surface area contributed by atoms with Crippen molar-refractivity contribution < 1.29 is 30.7 Å². The number of nitrogens with zero attached hydrogens (tertiary/aromatic N) is 4. The summed E-state index contributed by atoms with van der Waals surface area (Å²) in [6, 6.07) is 11.7. The van der Waals surface area contributed by atoms with E-state index in [0.717, 1.165) is 18.2 Å². The van der Waals surface area contributed by atoms with Crippen LogP contribution in [0, 0.1) is 5.95 Å². The molecule has 1 atom stereocenters. The summed E-state index contributed by atoms with van der Waals surface area (Å²) in [5.74, 6) is -1.35. The Kier molecular flexibility index (Phi) is 5.99. The molecule has 0 aliphatic carbocycles. The van der Waals surface area contributed by atoms with Gasteiger partial charge in [0.1, 0.15) is 5.75 Å². The average molecular weight is 518 g/mol. The summed E-state index contributed by atoms with van der Waals surface area (Å²) in [6.45, 7) is 0.227. The van der Waals surface area contributed by atoms with Crippen LogP contribution >= 0.6 is 0 Å². The molecular formula is C24H18F4N4O3S. The zero-order valence-electron chi connectivity index (χ0n) is 18.5. The summed E-state index contributed by atoms with van der Waals surface area (Å²) >= 11 is 0. The lowest BCUT2D eigenvalue weighted by atomic mass is 9.85. The van der Waals surface area contributed by atoms with Crippen LogP contribution in [0.1, 0.15) is 34.7 Å². The minimum absolute atomic E-state index is 0.0307. The number of fused-ring (bicyclic) bond motifs is 1. The number of pyridine rings is 1. The first kappa shape index (κ1) is 23.9. The van der Waals surface area contributed by atoms with Crippen LogP contribution in [0.3, 0.4) is 0 Å². The molecule has 0 radical (unpaired) electrons. The van der Waals surface area contributed by atoms with Crippen molar-refractivity contribution in [2.75, 3.05) is 6.61 Å². The van der Waals surface area contributed by atoms with Gasteiger partial charge < -0.3 is 4.74 Å². The molecule has 0 amide bonds. The van der Waals surface area contributed by atoms with Crippen LogP contribution in [-0.2, 0) is 21.8 Å². The van der Waals surface area contributed by atoms with E-state index in [9.17, 15) is 26.0 Å². The third-order valence-electron chi connectivity index (χ3n) is 5.90. The normalized spacial score (nSPS) is 15.8. The molecule has 12 heteroatoms. The highest BCUT2D eigenvalue weighted by atomic mass is 32.2. The second kappa shape index (κ2) is 9.01. The predicted molar refractivity (Wildman–Crippen MR) is 120 cm³/mol. The van der Waals surface area contributed by atoms with E-state index in [-0.39, 0.29) is 28.8 Å². The van der Waals surface area contributed by atoms with E-state index in [4.69, 9.17) is 4.74 Å². The van der Waals surface area contributed by atoms with Crippen molar-refractivity contribution >= 4 is 9.84 Å². The third kappa shape index (κ3) is 4.68. The quantitative estimate of drug-likeness (QED) is 0.281. The summed E-state index contributed by atoms with van der Waals surface area (Å²) < 4.78 is 86.5. The number of hydrogen-bond acceptors (Lipinski definition) is 6. The van der Waals surface area contributed by atoms with Crippen molar-refractivity contribution in [3.63, 3.8) is 0 Å². The van der Waals surface area contributed by atoms with Gasteiger partial charge >= 0.3 is 6.18 Å². The van der Waals surface area contributed by atoms with Gasteiger partial charge in [0.15, 0.2) is 9.84 Å². The summed E-state index contributed by atoms with van der Waals surface area (Å²) in [5.41, 5.74) is 0.655. The van der Waals surface area contributed by atoms with Crippen molar-refractivity contribution in [1.29, 1.82) is 0 Å². The Morgan fingerprint density at radius 2 is 1.86 bits per heavy atom. The van der Waals surface area contributed by atoms with Crippen molar-refractivity contribution in [2.45, 2.75) is 29.2 Å². The first-order chi connectivity index (χ1) is 17.1. The number of aromatic nitrogens is 4. The zero-order valence-corrected chi connectivity index (χ0v) is 19.3. The largest absolute Gasteiger partial charge is 0.493 e. The number of halogens is 4. The Hall–Kier alpha value is -3.80. The number of sulfone groups is 1. The van der Waals surface area contributed by atoms with Gasteiger partial charge in [-0.05, 0) is 48.4 Å². The van der Waals surface area contributed by atoms with E-state index in [1.54, 1.807) is 6.07 Å². The molecule has 186 valence electrons. The van der Waals surface area contributed by atoms with Crippen LogP contribution in [-0.4, -0.2) is 35.0 Å². The van der Waals surface area contributed by atoms with Gasteiger partial charge in [-0.2, -0.15) is 17.6 Å². The van der Waals surface area contributed by atoms with Crippen molar-refractivity contribution in [1.82, 2.24) is 20.0 Å². The standard InChI is InChI=1S/C24H18F4N4O3S/c25-23-3-1-2-16(30-23)14-36(33,34)17-5-7-20-18(8-11-35-22(20)13-17)19-6-4-15(24(26,27)28)12-21(19)32-10-9-29-31-32/h1-7,9-10,12-13,18H,8,11,14H2/t18-/m1/s1. The van der Waals surface area contributed by atoms with Crippen LogP contribution in [0.2, 0.25) is 0 Å². The van der Waals surface area contributed by atoms with Crippen LogP contribution in [0.5, 0.6) is 5.75 Å². The second-order valence-electron chi connectivity index (χ2n) is 8.22. The Balaban J connectivity index is 1.53. The highest BCUT2D eigenvalue weighted by Crippen LogP contribution is 2.42. The maximum Gasteiger partial charge on any atom is 0.416 e. The smallest absolute Gasteiger partial charge is 0.416 e. The van der Waals surface area contributed by atoms with Crippen molar-refractivity contribution in [3.05, 3.63) is 95.3 Å². The fourth-order valence-corrected chi connectivity index (χ4v) is 5.52. The van der Waals surface area contributed by atoms with Crippen LogP contribution < -0.4 is 4.74 Å². The van der Waals surface area contributed by atoms with E-state index in [2.05, 4.69) is 15.3 Å². The van der Waals surface area contributed by atoms with E-state index in [0.29, 0.717) is 23.3 Å². The maximum absolute atomic E-state index is 13.4. The molecule has 0 bridgehead atoms. The molecule has 5 rings (SSSR count). The Bertz CT molecular complexity index is 1520. The average Bonchev–Trinajstić information content (AvgIpc) is 3.37. The first-order valence-electron chi connectivity index (χ1n) is 10.8. The summed E-state index contributed by atoms with van der Waals surface area (Å²) in [6.07, 6.45) is -1.26. The van der Waals surface area contributed by atoms with E-state index in [1.807, 2.05) is 0 Å². The molecule has 1 aliphatic heterocycles. The molecule has 1 aliphatic rings. The minimum Gasteiger partial charge on any atom is -0.493 e. The van der Waals surface area contributed by atoms with Crippen LogP contribution in [0.4, 0.5) is 17.6 Å². The van der Waals surface area contributed by atoms with Gasteiger partial charge in [-0.3, -0.25) is 0 Å². The highest BCUT2D eigenvalue weighted by Gasteiger charge is 2.33. The molecular weight excluding hydrogens is 500 g/mol. The molecule has 4 aromatic rings. The summed E-state index contributed by atoms with van der Waals surface area (Å²) in [4.78, 5) is 3.58. The molecule has 0 saturated heterocycles. The van der Waals surface area contributed by atoms with Gasteiger partial charge in [0.25, 0.3) is 0 Å². The van der Waals surface area contributed by atoms with Gasteiger partial charge in [0.05, 0.1) is 46.6 Å². The minimum atomic E-state index is -4.54. The van der Waals surface area contributed by atoms with Crippen molar-refractivity contribution in [3.8, 4) is 11.4 Å². The van der Waals surface area contributed by atoms with Gasteiger partial charge in [-0.15, -0.1) is 5.10 Å². The monoisotopic (exact) mass is 518 g/mol. The molecule has 2 aromatic heterocycles. The number of benzene rings is 2. The molecule has 0 saturated carbocycles. The van der Waals surface area contributed by atoms with E-state index in [1.165, 1.54) is 47.4 Å². The molecule has 0 fully saturated rings. The zero-order chi connectivity index (χ0) is 25.5. The van der Waals surface area contributed by atoms with Gasteiger partial charge in [-0.1, -0.05) is 23.4 Å². The summed E-state index contributed by atoms with van der Waals surface area (Å²) in [7, 11) is -3.87.